The van der Waals surface area contributed by atoms with Crippen molar-refractivity contribution in [3.05, 3.63) is 53.3 Å². The zero-order valence-corrected chi connectivity index (χ0v) is 13.6. The summed E-state index contributed by atoms with van der Waals surface area (Å²) in [5.41, 5.74) is 4.36. The Balaban J connectivity index is 2.14. The second-order valence-corrected chi connectivity index (χ2v) is 5.66. The lowest BCUT2D eigenvalue weighted by molar-refractivity contribution is 0.102. The maximum absolute atomic E-state index is 12.4. The maximum atomic E-state index is 12.4. The molecule has 1 amide bonds. The monoisotopic (exact) mass is 297 g/mol. The van der Waals surface area contributed by atoms with Crippen LogP contribution in [-0.4, -0.2) is 16.9 Å². The van der Waals surface area contributed by atoms with Crippen LogP contribution in [0.5, 0.6) is 0 Å². The van der Waals surface area contributed by atoms with E-state index in [9.17, 15) is 4.79 Å². The van der Waals surface area contributed by atoms with Gasteiger partial charge in [0.2, 0.25) is 0 Å². The molecule has 1 heterocycles. The van der Waals surface area contributed by atoms with Gasteiger partial charge < -0.3 is 10.6 Å². The van der Waals surface area contributed by atoms with E-state index < -0.39 is 0 Å². The fraction of sp³-hybridized carbons (Fsp3) is 0.333. The average molecular weight is 297 g/mol. The molecule has 0 radical (unpaired) electrons. The fourth-order valence-corrected chi connectivity index (χ4v) is 2.17. The summed E-state index contributed by atoms with van der Waals surface area (Å²) in [6.07, 6.45) is 2.67. The third kappa shape index (κ3) is 4.07. The molecule has 4 heteroatoms. The molecule has 0 spiro atoms. The van der Waals surface area contributed by atoms with Crippen molar-refractivity contribution in [3.8, 4) is 0 Å². The number of nitrogens with zero attached hydrogens (tertiary/aromatic N) is 1. The van der Waals surface area contributed by atoms with Gasteiger partial charge in [-0.25, -0.2) is 0 Å². The van der Waals surface area contributed by atoms with Crippen LogP contribution in [0.4, 0.5) is 11.4 Å². The Labute approximate surface area is 132 Å². The van der Waals surface area contributed by atoms with Gasteiger partial charge >= 0.3 is 0 Å². The quantitative estimate of drug-likeness (QED) is 0.871. The Hall–Kier alpha value is -2.36. The van der Waals surface area contributed by atoms with Crippen LogP contribution in [0.15, 0.2) is 36.5 Å². The van der Waals surface area contributed by atoms with Crippen molar-refractivity contribution in [2.45, 2.75) is 40.2 Å². The number of hydrogen-bond acceptors (Lipinski definition) is 3. The van der Waals surface area contributed by atoms with Crippen molar-refractivity contribution in [1.29, 1.82) is 0 Å². The average Bonchev–Trinajstić information content (AvgIpc) is 2.50. The lowest BCUT2D eigenvalue weighted by atomic mass is 10.1. The summed E-state index contributed by atoms with van der Waals surface area (Å²) in [5, 5.41) is 6.27. The molecule has 0 saturated heterocycles. The highest BCUT2D eigenvalue weighted by Gasteiger charge is 2.10. The number of rotatable bonds is 5. The van der Waals surface area contributed by atoms with Crippen LogP contribution in [0.3, 0.4) is 0 Å². The standard InChI is InChI=1S/C18H23N3O/c1-5-14(4)20-15-8-9-19-17(11-15)18(22)21-16-7-6-12(2)10-13(16)3/h6-11,14H,5H2,1-4H3,(H,19,20)(H,21,22). The van der Waals surface area contributed by atoms with E-state index in [1.807, 2.05) is 38.1 Å². The number of anilines is 2. The van der Waals surface area contributed by atoms with E-state index in [2.05, 4.69) is 29.5 Å². The summed E-state index contributed by atoms with van der Waals surface area (Å²) in [5.74, 6) is -0.195. The Morgan fingerprint density at radius 3 is 2.68 bits per heavy atom. The first-order valence-corrected chi connectivity index (χ1v) is 7.60. The van der Waals surface area contributed by atoms with Gasteiger partial charge in [-0.05, 0) is 51.0 Å². The topological polar surface area (TPSA) is 54.0 Å². The third-order valence-electron chi connectivity index (χ3n) is 3.65. The Kier molecular flexibility index (Phi) is 5.15. The van der Waals surface area contributed by atoms with Crippen molar-refractivity contribution in [3.63, 3.8) is 0 Å². The molecule has 0 aliphatic heterocycles. The molecule has 1 aromatic carbocycles. The van der Waals surface area contributed by atoms with E-state index >= 15 is 0 Å². The van der Waals surface area contributed by atoms with Crippen LogP contribution < -0.4 is 10.6 Å². The second kappa shape index (κ2) is 7.07. The number of amides is 1. The van der Waals surface area contributed by atoms with E-state index in [0.717, 1.165) is 23.4 Å². The molecule has 0 aliphatic carbocycles. The van der Waals surface area contributed by atoms with Crippen LogP contribution >= 0.6 is 0 Å². The van der Waals surface area contributed by atoms with Gasteiger partial charge in [0.1, 0.15) is 5.69 Å². The predicted octanol–water partition coefficient (Wildman–Crippen LogP) is 4.16. The molecule has 0 bridgehead atoms. The van der Waals surface area contributed by atoms with E-state index in [1.165, 1.54) is 5.56 Å². The highest BCUT2D eigenvalue weighted by molar-refractivity contribution is 6.03. The van der Waals surface area contributed by atoms with Gasteiger partial charge in [-0.15, -0.1) is 0 Å². The summed E-state index contributed by atoms with van der Waals surface area (Å²) in [6, 6.07) is 9.97. The molecule has 1 atom stereocenters. The van der Waals surface area contributed by atoms with E-state index in [-0.39, 0.29) is 5.91 Å². The number of hydrogen-bond donors (Lipinski definition) is 2. The molecule has 116 valence electrons. The van der Waals surface area contributed by atoms with Crippen LogP contribution in [0.25, 0.3) is 0 Å². The van der Waals surface area contributed by atoms with Gasteiger partial charge in [0.15, 0.2) is 0 Å². The zero-order chi connectivity index (χ0) is 16.1. The Bertz CT molecular complexity index is 667. The molecular weight excluding hydrogens is 274 g/mol. The van der Waals surface area contributed by atoms with Crippen molar-refractivity contribution < 1.29 is 4.79 Å². The summed E-state index contributed by atoms with van der Waals surface area (Å²) in [7, 11) is 0. The molecular formula is C18H23N3O. The number of benzene rings is 1. The Morgan fingerprint density at radius 1 is 1.23 bits per heavy atom. The summed E-state index contributed by atoms with van der Waals surface area (Å²) in [4.78, 5) is 16.5. The summed E-state index contributed by atoms with van der Waals surface area (Å²) >= 11 is 0. The van der Waals surface area contributed by atoms with Crippen LogP contribution in [-0.2, 0) is 0 Å². The molecule has 0 aliphatic rings. The van der Waals surface area contributed by atoms with Gasteiger partial charge in [0, 0.05) is 23.6 Å². The number of pyridine rings is 1. The molecule has 22 heavy (non-hydrogen) atoms. The van der Waals surface area contributed by atoms with Crippen molar-refractivity contribution in [2.75, 3.05) is 10.6 Å². The van der Waals surface area contributed by atoms with Crippen LogP contribution in [0, 0.1) is 13.8 Å². The SMILES string of the molecule is CCC(C)Nc1ccnc(C(=O)Nc2ccc(C)cc2C)c1. The first kappa shape index (κ1) is 16.0. The van der Waals surface area contributed by atoms with Gasteiger partial charge in [-0.1, -0.05) is 24.6 Å². The number of aromatic nitrogens is 1. The number of carbonyl (C=O) groups excluding carboxylic acids is 1. The number of carbonyl (C=O) groups is 1. The molecule has 1 unspecified atom stereocenters. The minimum atomic E-state index is -0.195. The fourth-order valence-electron chi connectivity index (χ4n) is 2.17. The van der Waals surface area contributed by atoms with Crippen LogP contribution in [0.2, 0.25) is 0 Å². The normalized spacial score (nSPS) is 11.8. The summed E-state index contributed by atoms with van der Waals surface area (Å²) < 4.78 is 0. The van der Waals surface area contributed by atoms with E-state index in [0.29, 0.717) is 11.7 Å². The minimum Gasteiger partial charge on any atom is -0.382 e. The summed E-state index contributed by atoms with van der Waals surface area (Å²) in [6.45, 7) is 8.24. The largest absolute Gasteiger partial charge is 0.382 e. The minimum absolute atomic E-state index is 0.195. The lowest BCUT2D eigenvalue weighted by Crippen LogP contribution is -2.17. The lowest BCUT2D eigenvalue weighted by Gasteiger charge is -2.14. The predicted molar refractivity (Wildman–Crippen MR) is 91.5 cm³/mol. The molecule has 2 rings (SSSR count). The van der Waals surface area contributed by atoms with Crippen LogP contribution in [0.1, 0.15) is 41.9 Å². The number of aryl methyl sites for hydroxylation is 2. The molecule has 4 nitrogen and oxygen atoms in total. The molecule has 0 fully saturated rings. The van der Waals surface area contributed by atoms with Gasteiger partial charge in [-0.3, -0.25) is 9.78 Å². The Morgan fingerprint density at radius 2 is 2.00 bits per heavy atom. The second-order valence-electron chi connectivity index (χ2n) is 5.66. The maximum Gasteiger partial charge on any atom is 0.274 e. The first-order valence-electron chi connectivity index (χ1n) is 7.60. The van der Waals surface area contributed by atoms with E-state index in [4.69, 9.17) is 0 Å². The number of nitrogens with one attached hydrogen (secondary N) is 2. The molecule has 0 saturated carbocycles. The highest BCUT2D eigenvalue weighted by atomic mass is 16.1. The van der Waals surface area contributed by atoms with Crippen molar-refractivity contribution in [1.82, 2.24) is 4.98 Å². The smallest absolute Gasteiger partial charge is 0.274 e. The van der Waals surface area contributed by atoms with Gasteiger partial charge in [-0.2, -0.15) is 0 Å². The molecule has 2 aromatic rings. The molecule has 1 aromatic heterocycles. The van der Waals surface area contributed by atoms with E-state index in [1.54, 1.807) is 12.3 Å². The zero-order valence-electron chi connectivity index (χ0n) is 13.6. The van der Waals surface area contributed by atoms with Gasteiger partial charge in [0.05, 0.1) is 0 Å². The highest BCUT2D eigenvalue weighted by Crippen LogP contribution is 2.17. The van der Waals surface area contributed by atoms with Gasteiger partial charge in [0.25, 0.3) is 5.91 Å². The first-order chi connectivity index (χ1) is 10.5. The molecule has 2 N–H and O–H groups in total. The third-order valence-corrected chi connectivity index (χ3v) is 3.65. The van der Waals surface area contributed by atoms with Crippen molar-refractivity contribution in [2.24, 2.45) is 0 Å². The van der Waals surface area contributed by atoms with Crippen molar-refractivity contribution >= 4 is 17.3 Å².